The Kier molecular flexibility index (Phi) is 3.13. The van der Waals surface area contributed by atoms with Crippen molar-refractivity contribution < 1.29 is 0 Å². The van der Waals surface area contributed by atoms with Crippen molar-refractivity contribution in [2.75, 3.05) is 0 Å². The maximum atomic E-state index is 4.08. The van der Waals surface area contributed by atoms with Crippen molar-refractivity contribution >= 4 is 22.6 Å². The molecule has 0 spiro atoms. The van der Waals surface area contributed by atoms with Gasteiger partial charge in [0.1, 0.15) is 12.7 Å². The number of hydrogen-bond acceptors (Lipinski definition) is 2. The molecule has 0 bridgehead atoms. The molecule has 4 heteroatoms. The van der Waals surface area contributed by atoms with Gasteiger partial charge >= 0.3 is 0 Å². The van der Waals surface area contributed by atoms with Crippen molar-refractivity contribution in [3.63, 3.8) is 0 Å². The molecule has 2 aromatic rings. The Morgan fingerprint density at radius 3 is 2.71 bits per heavy atom. The maximum Gasteiger partial charge on any atom is 0.137 e. The third-order valence-electron chi connectivity index (χ3n) is 1.98. The van der Waals surface area contributed by atoms with Gasteiger partial charge in [0.05, 0.1) is 10.5 Å². The van der Waals surface area contributed by atoms with Crippen molar-refractivity contribution in [2.45, 2.75) is 10.5 Å². The first-order valence-electron chi connectivity index (χ1n) is 4.37. The molecule has 0 amide bonds. The third kappa shape index (κ3) is 2.31. The van der Waals surface area contributed by atoms with Gasteiger partial charge in [0.15, 0.2) is 0 Å². The Balaban J connectivity index is 2.07. The molecule has 1 heterocycles. The highest BCUT2D eigenvalue weighted by molar-refractivity contribution is 14.1. The van der Waals surface area contributed by atoms with Crippen LogP contribution in [0.5, 0.6) is 0 Å². The molecule has 0 saturated carbocycles. The average molecular weight is 299 g/mol. The first kappa shape index (κ1) is 9.64. The molecule has 0 radical (unpaired) electrons. The highest BCUT2D eigenvalue weighted by atomic mass is 127. The first-order chi connectivity index (χ1) is 6.86. The number of nitrogens with zero attached hydrogens (tertiary/aromatic N) is 3. The van der Waals surface area contributed by atoms with Crippen LogP contribution in [0.4, 0.5) is 0 Å². The summed E-state index contributed by atoms with van der Waals surface area (Å²) in [6.07, 6.45) is 3.31. The predicted octanol–water partition coefficient (Wildman–Crippen LogP) is 2.45. The van der Waals surface area contributed by atoms with Gasteiger partial charge in [-0.3, -0.25) is 4.68 Å². The molecule has 0 fully saturated rings. The van der Waals surface area contributed by atoms with E-state index in [0.717, 1.165) is 6.54 Å². The number of aromatic nitrogens is 3. The molecule has 1 aromatic heterocycles. The van der Waals surface area contributed by atoms with E-state index in [2.05, 4.69) is 56.9 Å². The second-order valence-electron chi connectivity index (χ2n) is 3.00. The first-order valence-corrected chi connectivity index (χ1v) is 5.62. The topological polar surface area (TPSA) is 30.7 Å². The lowest BCUT2D eigenvalue weighted by Crippen LogP contribution is -2.04. The fourth-order valence-electron chi connectivity index (χ4n) is 1.26. The van der Waals surface area contributed by atoms with E-state index in [0.29, 0.717) is 3.92 Å². The van der Waals surface area contributed by atoms with Crippen LogP contribution in [-0.4, -0.2) is 14.8 Å². The Labute approximate surface area is 96.3 Å². The number of alkyl halides is 1. The van der Waals surface area contributed by atoms with Gasteiger partial charge in [-0.05, 0) is 5.56 Å². The summed E-state index contributed by atoms with van der Waals surface area (Å²) in [7, 11) is 0. The van der Waals surface area contributed by atoms with Crippen LogP contribution in [0, 0.1) is 0 Å². The molecule has 1 aromatic carbocycles. The maximum absolute atomic E-state index is 4.08. The number of hydrogen-bond donors (Lipinski definition) is 0. The van der Waals surface area contributed by atoms with E-state index in [9.17, 15) is 0 Å². The van der Waals surface area contributed by atoms with E-state index in [4.69, 9.17) is 0 Å². The molecule has 0 aliphatic carbocycles. The van der Waals surface area contributed by atoms with E-state index in [1.54, 1.807) is 12.7 Å². The average Bonchev–Trinajstić information content (AvgIpc) is 2.72. The molecule has 14 heavy (non-hydrogen) atoms. The molecule has 72 valence electrons. The van der Waals surface area contributed by atoms with Crippen LogP contribution in [0.1, 0.15) is 9.49 Å². The summed E-state index contributed by atoms with van der Waals surface area (Å²) in [4.78, 5) is 3.92. The van der Waals surface area contributed by atoms with Gasteiger partial charge in [-0.1, -0.05) is 52.9 Å². The van der Waals surface area contributed by atoms with Crippen LogP contribution in [0.25, 0.3) is 0 Å². The van der Waals surface area contributed by atoms with E-state index in [1.165, 1.54) is 5.56 Å². The van der Waals surface area contributed by atoms with Crippen molar-refractivity contribution in [3.05, 3.63) is 48.5 Å². The Morgan fingerprint density at radius 2 is 2.07 bits per heavy atom. The zero-order valence-corrected chi connectivity index (χ0v) is 9.70. The molecule has 0 N–H and O–H groups in total. The summed E-state index contributed by atoms with van der Waals surface area (Å²) in [5.74, 6) is 0. The number of rotatable bonds is 3. The number of halogens is 1. The molecule has 0 saturated heterocycles. The van der Waals surface area contributed by atoms with Crippen LogP contribution in [0.15, 0.2) is 43.0 Å². The Morgan fingerprint density at radius 1 is 1.29 bits per heavy atom. The van der Waals surface area contributed by atoms with Crippen LogP contribution in [0.2, 0.25) is 0 Å². The fraction of sp³-hybridized carbons (Fsp3) is 0.200. The summed E-state index contributed by atoms with van der Waals surface area (Å²) in [6, 6.07) is 10.4. The predicted molar refractivity (Wildman–Crippen MR) is 63.2 cm³/mol. The molecule has 3 nitrogen and oxygen atoms in total. The molecule has 1 atom stereocenters. The molecule has 1 unspecified atom stereocenters. The van der Waals surface area contributed by atoms with Gasteiger partial charge < -0.3 is 0 Å². The van der Waals surface area contributed by atoms with Crippen LogP contribution < -0.4 is 0 Å². The van der Waals surface area contributed by atoms with Gasteiger partial charge in [0.2, 0.25) is 0 Å². The second kappa shape index (κ2) is 4.54. The monoisotopic (exact) mass is 299 g/mol. The van der Waals surface area contributed by atoms with E-state index in [-0.39, 0.29) is 0 Å². The summed E-state index contributed by atoms with van der Waals surface area (Å²) >= 11 is 2.42. The van der Waals surface area contributed by atoms with Gasteiger partial charge in [-0.15, -0.1) is 0 Å². The highest BCUT2D eigenvalue weighted by Crippen LogP contribution is 2.24. The van der Waals surface area contributed by atoms with E-state index < -0.39 is 0 Å². The van der Waals surface area contributed by atoms with Crippen LogP contribution >= 0.6 is 22.6 Å². The summed E-state index contributed by atoms with van der Waals surface area (Å²) in [5.41, 5.74) is 1.32. The molecule has 0 aliphatic heterocycles. The summed E-state index contributed by atoms with van der Waals surface area (Å²) in [5, 5.41) is 4.08. The zero-order chi connectivity index (χ0) is 9.80. The fourth-order valence-corrected chi connectivity index (χ4v) is 2.08. The molecular weight excluding hydrogens is 289 g/mol. The van der Waals surface area contributed by atoms with E-state index in [1.807, 2.05) is 10.7 Å². The Bertz CT molecular complexity index is 372. The van der Waals surface area contributed by atoms with Gasteiger partial charge in [0, 0.05) is 0 Å². The molecule has 2 rings (SSSR count). The minimum Gasteiger partial charge on any atom is -0.252 e. The quantitative estimate of drug-likeness (QED) is 0.644. The SMILES string of the molecule is IC(Cn1cncn1)c1ccccc1. The van der Waals surface area contributed by atoms with Gasteiger partial charge in [0.25, 0.3) is 0 Å². The number of benzene rings is 1. The lowest BCUT2D eigenvalue weighted by atomic mass is 10.1. The van der Waals surface area contributed by atoms with Gasteiger partial charge in [-0.25, -0.2) is 4.98 Å². The van der Waals surface area contributed by atoms with E-state index >= 15 is 0 Å². The highest BCUT2D eigenvalue weighted by Gasteiger charge is 2.07. The van der Waals surface area contributed by atoms with Crippen LogP contribution in [0.3, 0.4) is 0 Å². The van der Waals surface area contributed by atoms with Gasteiger partial charge in [-0.2, -0.15) is 5.10 Å². The summed E-state index contributed by atoms with van der Waals surface area (Å²) in [6.45, 7) is 0.866. The zero-order valence-electron chi connectivity index (χ0n) is 7.55. The minimum atomic E-state index is 0.440. The van der Waals surface area contributed by atoms with Crippen LogP contribution in [-0.2, 0) is 6.54 Å². The second-order valence-corrected chi connectivity index (χ2v) is 4.50. The Hall–Kier alpha value is -0.910. The smallest absolute Gasteiger partial charge is 0.137 e. The lowest BCUT2D eigenvalue weighted by Gasteiger charge is -2.09. The molecular formula is C10H10IN3. The largest absolute Gasteiger partial charge is 0.252 e. The third-order valence-corrected chi connectivity index (χ3v) is 3.09. The van der Waals surface area contributed by atoms with Crippen molar-refractivity contribution in [1.82, 2.24) is 14.8 Å². The molecule has 0 aliphatic rings. The minimum absolute atomic E-state index is 0.440. The normalized spacial score (nSPS) is 12.6. The standard InChI is InChI=1S/C10H10IN3/c11-10(6-14-8-12-7-13-14)9-4-2-1-3-5-9/h1-5,7-8,10H,6H2. The van der Waals surface area contributed by atoms with Crippen molar-refractivity contribution in [3.8, 4) is 0 Å². The van der Waals surface area contributed by atoms with Crippen molar-refractivity contribution in [2.24, 2.45) is 0 Å². The lowest BCUT2D eigenvalue weighted by molar-refractivity contribution is 0.615. The van der Waals surface area contributed by atoms with Crippen molar-refractivity contribution in [1.29, 1.82) is 0 Å². The summed E-state index contributed by atoms with van der Waals surface area (Å²) < 4.78 is 2.29.